The molecule has 16 heavy (non-hydrogen) atoms. The van der Waals surface area contributed by atoms with Gasteiger partial charge in [-0.15, -0.1) is 0 Å². The van der Waals surface area contributed by atoms with Gasteiger partial charge in [0.25, 0.3) is 0 Å². The summed E-state index contributed by atoms with van der Waals surface area (Å²) >= 11 is 3.51. The van der Waals surface area contributed by atoms with E-state index < -0.39 is 0 Å². The zero-order valence-corrected chi connectivity index (χ0v) is 11.0. The van der Waals surface area contributed by atoms with E-state index in [-0.39, 0.29) is 6.61 Å². The monoisotopic (exact) mass is 283 g/mol. The van der Waals surface area contributed by atoms with Crippen molar-refractivity contribution in [2.75, 3.05) is 18.0 Å². The molecule has 0 aliphatic carbocycles. The number of hydrogen-bond donors (Lipinski definition) is 1. The number of rotatable bonds is 2. The van der Waals surface area contributed by atoms with E-state index in [9.17, 15) is 0 Å². The lowest BCUT2D eigenvalue weighted by Crippen LogP contribution is -2.23. The SMILES string of the molecule is OCc1ccc(N2CCCCCC2)cc1Br. The molecule has 1 heterocycles. The molecule has 2 nitrogen and oxygen atoms in total. The van der Waals surface area contributed by atoms with Gasteiger partial charge in [0.15, 0.2) is 0 Å². The van der Waals surface area contributed by atoms with Crippen molar-refractivity contribution >= 4 is 21.6 Å². The Morgan fingerprint density at radius 3 is 2.38 bits per heavy atom. The fourth-order valence-corrected chi connectivity index (χ4v) is 2.68. The minimum Gasteiger partial charge on any atom is -0.392 e. The van der Waals surface area contributed by atoms with Crippen LogP contribution in [0, 0.1) is 0 Å². The van der Waals surface area contributed by atoms with Crippen LogP contribution in [0.4, 0.5) is 5.69 Å². The van der Waals surface area contributed by atoms with Crippen LogP contribution in [0.3, 0.4) is 0 Å². The van der Waals surface area contributed by atoms with Crippen molar-refractivity contribution in [1.82, 2.24) is 0 Å². The minimum atomic E-state index is 0.0981. The van der Waals surface area contributed by atoms with Crippen LogP contribution in [0.25, 0.3) is 0 Å². The number of anilines is 1. The van der Waals surface area contributed by atoms with Gasteiger partial charge in [0.05, 0.1) is 6.61 Å². The van der Waals surface area contributed by atoms with Crippen LogP contribution in [0.1, 0.15) is 31.2 Å². The summed E-state index contributed by atoms with van der Waals surface area (Å²) in [6.45, 7) is 2.41. The summed E-state index contributed by atoms with van der Waals surface area (Å²) in [5.41, 5.74) is 2.23. The van der Waals surface area contributed by atoms with E-state index in [1.165, 1.54) is 31.4 Å². The predicted octanol–water partition coefficient (Wildman–Crippen LogP) is 3.32. The van der Waals surface area contributed by atoms with Crippen molar-refractivity contribution in [2.45, 2.75) is 32.3 Å². The first-order chi connectivity index (χ1) is 7.81. The van der Waals surface area contributed by atoms with E-state index in [0.717, 1.165) is 23.1 Å². The highest BCUT2D eigenvalue weighted by Gasteiger charge is 2.10. The van der Waals surface area contributed by atoms with Crippen molar-refractivity contribution < 1.29 is 5.11 Å². The van der Waals surface area contributed by atoms with Gasteiger partial charge in [-0.1, -0.05) is 34.8 Å². The van der Waals surface area contributed by atoms with Crippen molar-refractivity contribution in [3.8, 4) is 0 Å². The normalized spacial score (nSPS) is 17.2. The zero-order chi connectivity index (χ0) is 11.4. The van der Waals surface area contributed by atoms with Gasteiger partial charge in [-0.05, 0) is 30.5 Å². The van der Waals surface area contributed by atoms with Crippen LogP contribution < -0.4 is 4.90 Å². The first-order valence-corrected chi connectivity index (χ1v) is 6.75. The number of hydrogen-bond acceptors (Lipinski definition) is 2. The summed E-state index contributed by atoms with van der Waals surface area (Å²) in [6, 6.07) is 6.24. The Balaban J connectivity index is 2.16. The Kier molecular flexibility index (Phi) is 4.24. The molecule has 1 N–H and O–H groups in total. The van der Waals surface area contributed by atoms with Crippen LogP contribution in [0.15, 0.2) is 22.7 Å². The Morgan fingerprint density at radius 2 is 1.81 bits per heavy atom. The maximum Gasteiger partial charge on any atom is 0.0692 e. The molecule has 88 valence electrons. The maximum absolute atomic E-state index is 9.12. The van der Waals surface area contributed by atoms with E-state index in [1.807, 2.05) is 6.07 Å². The maximum atomic E-state index is 9.12. The summed E-state index contributed by atoms with van der Waals surface area (Å²) in [5, 5.41) is 9.12. The third-order valence-corrected chi connectivity index (χ3v) is 3.92. The first kappa shape index (κ1) is 11.9. The fraction of sp³-hybridized carbons (Fsp3) is 0.538. The number of halogens is 1. The molecule has 0 atom stereocenters. The van der Waals surface area contributed by atoms with Crippen molar-refractivity contribution in [3.05, 3.63) is 28.2 Å². The molecule has 3 heteroatoms. The first-order valence-electron chi connectivity index (χ1n) is 5.95. The summed E-state index contributed by atoms with van der Waals surface area (Å²) in [7, 11) is 0. The molecule has 1 fully saturated rings. The van der Waals surface area contributed by atoms with Gasteiger partial charge in [-0.2, -0.15) is 0 Å². The van der Waals surface area contributed by atoms with Gasteiger partial charge >= 0.3 is 0 Å². The van der Waals surface area contributed by atoms with Gasteiger partial charge in [0.2, 0.25) is 0 Å². The molecule has 0 spiro atoms. The minimum absolute atomic E-state index is 0.0981. The molecule has 2 rings (SSSR count). The molecule has 1 aliphatic heterocycles. The zero-order valence-electron chi connectivity index (χ0n) is 9.45. The second-order valence-corrected chi connectivity index (χ2v) is 5.19. The molecule has 0 radical (unpaired) electrons. The van der Waals surface area contributed by atoms with Crippen LogP contribution in [0.2, 0.25) is 0 Å². The molecule has 0 unspecified atom stereocenters. The lowest BCUT2D eigenvalue weighted by Gasteiger charge is -2.23. The lowest BCUT2D eigenvalue weighted by atomic mass is 10.2. The van der Waals surface area contributed by atoms with Crippen LogP contribution >= 0.6 is 15.9 Å². The van der Waals surface area contributed by atoms with Gasteiger partial charge in [-0.25, -0.2) is 0 Å². The second-order valence-electron chi connectivity index (χ2n) is 4.34. The molecule has 1 aromatic carbocycles. The largest absolute Gasteiger partial charge is 0.392 e. The molecule has 0 aromatic heterocycles. The van der Waals surface area contributed by atoms with Gasteiger partial charge in [0.1, 0.15) is 0 Å². The lowest BCUT2D eigenvalue weighted by molar-refractivity contribution is 0.281. The number of benzene rings is 1. The summed E-state index contributed by atoms with van der Waals surface area (Å²) < 4.78 is 1.01. The Morgan fingerprint density at radius 1 is 1.12 bits per heavy atom. The highest BCUT2D eigenvalue weighted by molar-refractivity contribution is 9.10. The smallest absolute Gasteiger partial charge is 0.0692 e. The predicted molar refractivity (Wildman–Crippen MR) is 70.7 cm³/mol. The molecular formula is C13H18BrNO. The fourth-order valence-electron chi connectivity index (χ4n) is 2.19. The van der Waals surface area contributed by atoms with E-state index >= 15 is 0 Å². The van der Waals surface area contributed by atoms with E-state index in [2.05, 4.69) is 33.0 Å². The Bertz CT molecular complexity index is 346. The molecule has 1 aliphatic rings. The topological polar surface area (TPSA) is 23.5 Å². The molecule has 1 aromatic rings. The second kappa shape index (κ2) is 5.69. The van der Waals surface area contributed by atoms with Gasteiger partial charge in [-0.3, -0.25) is 0 Å². The van der Waals surface area contributed by atoms with E-state index in [1.54, 1.807) is 0 Å². The van der Waals surface area contributed by atoms with Crippen LogP contribution in [-0.2, 0) is 6.61 Å². The molecule has 1 saturated heterocycles. The molecular weight excluding hydrogens is 266 g/mol. The van der Waals surface area contributed by atoms with Crippen LogP contribution in [-0.4, -0.2) is 18.2 Å². The third-order valence-electron chi connectivity index (χ3n) is 3.18. The summed E-state index contributed by atoms with van der Waals surface area (Å²) in [4.78, 5) is 2.44. The van der Waals surface area contributed by atoms with E-state index in [0.29, 0.717) is 0 Å². The summed E-state index contributed by atoms with van der Waals surface area (Å²) in [5.74, 6) is 0. The standard InChI is InChI=1S/C13H18BrNO/c14-13-9-12(6-5-11(13)10-16)15-7-3-1-2-4-8-15/h5-6,9,16H,1-4,7-8,10H2. The Hall–Kier alpha value is -0.540. The van der Waals surface area contributed by atoms with Crippen molar-refractivity contribution in [3.63, 3.8) is 0 Å². The van der Waals surface area contributed by atoms with Gasteiger partial charge in [0, 0.05) is 23.2 Å². The molecule has 0 saturated carbocycles. The quantitative estimate of drug-likeness (QED) is 0.900. The highest BCUT2D eigenvalue weighted by Crippen LogP contribution is 2.26. The third kappa shape index (κ3) is 2.77. The van der Waals surface area contributed by atoms with Crippen molar-refractivity contribution in [1.29, 1.82) is 0 Å². The Labute approximate surface area is 105 Å². The number of nitrogens with zero attached hydrogens (tertiary/aromatic N) is 1. The number of aliphatic hydroxyl groups is 1. The van der Waals surface area contributed by atoms with E-state index in [4.69, 9.17) is 5.11 Å². The average molecular weight is 284 g/mol. The van der Waals surface area contributed by atoms with Crippen LogP contribution in [0.5, 0.6) is 0 Å². The molecule has 0 amide bonds. The highest BCUT2D eigenvalue weighted by atomic mass is 79.9. The van der Waals surface area contributed by atoms with Crippen molar-refractivity contribution in [2.24, 2.45) is 0 Å². The van der Waals surface area contributed by atoms with Gasteiger partial charge < -0.3 is 10.0 Å². The number of aliphatic hydroxyl groups excluding tert-OH is 1. The molecule has 0 bridgehead atoms. The average Bonchev–Trinajstić information content (AvgIpc) is 2.57. The summed E-state index contributed by atoms with van der Waals surface area (Å²) in [6.07, 6.45) is 5.29.